The van der Waals surface area contributed by atoms with Crippen molar-refractivity contribution in [1.82, 2.24) is 30.1 Å². The zero-order valence-corrected chi connectivity index (χ0v) is 20.9. The van der Waals surface area contributed by atoms with E-state index in [9.17, 15) is 4.79 Å². The molecule has 7 heteroatoms. The van der Waals surface area contributed by atoms with Gasteiger partial charge in [0.2, 0.25) is 0 Å². The van der Waals surface area contributed by atoms with E-state index in [0.717, 1.165) is 48.0 Å². The smallest absolute Gasteiger partial charge is 0.252 e. The van der Waals surface area contributed by atoms with E-state index < -0.39 is 0 Å². The number of nitrogens with zero attached hydrogens (tertiary/aromatic N) is 5. The van der Waals surface area contributed by atoms with Crippen molar-refractivity contribution in [2.24, 2.45) is 0 Å². The zero-order valence-electron chi connectivity index (χ0n) is 20.9. The molecule has 1 N–H and O–H groups in total. The fourth-order valence-corrected chi connectivity index (χ4v) is 6.31. The maximum atomic E-state index is 13.2. The molecule has 0 bridgehead atoms. The zero-order chi connectivity index (χ0) is 23.7. The van der Waals surface area contributed by atoms with Crippen molar-refractivity contribution >= 4 is 10.9 Å². The Morgan fingerprint density at radius 1 is 1.09 bits per heavy atom. The van der Waals surface area contributed by atoms with Crippen LogP contribution in [0.5, 0.6) is 0 Å². The van der Waals surface area contributed by atoms with Gasteiger partial charge >= 0.3 is 0 Å². The van der Waals surface area contributed by atoms with Gasteiger partial charge in [0.1, 0.15) is 0 Å². The van der Waals surface area contributed by atoms with Crippen molar-refractivity contribution in [3.8, 4) is 0 Å². The largest absolute Gasteiger partial charge is 0.322 e. The Morgan fingerprint density at radius 2 is 1.82 bits per heavy atom. The summed E-state index contributed by atoms with van der Waals surface area (Å²) in [7, 11) is 0. The quantitative estimate of drug-likeness (QED) is 0.476. The van der Waals surface area contributed by atoms with Gasteiger partial charge in [-0.2, -0.15) is 0 Å². The standard InChI is InChI=1S/C27H38N6O/c1-4-9-25(26-29-30-31-33(26)22-12-7-8-13-22)32(21-10-5-6-11-21)17-20-16-23-19(3)14-18(2)15-24(23)28-27(20)34/h14-16,21-22,25H,4-13,17H2,1-3H3,(H,28,34). The summed E-state index contributed by atoms with van der Waals surface area (Å²) in [5.41, 5.74) is 4.16. The van der Waals surface area contributed by atoms with E-state index in [-0.39, 0.29) is 11.6 Å². The van der Waals surface area contributed by atoms with Crippen molar-refractivity contribution in [1.29, 1.82) is 0 Å². The lowest BCUT2D eigenvalue weighted by Gasteiger charge is -2.36. The number of H-pyrrole nitrogens is 1. The van der Waals surface area contributed by atoms with Gasteiger partial charge in [-0.1, -0.05) is 45.1 Å². The van der Waals surface area contributed by atoms with Crippen molar-refractivity contribution in [2.75, 3.05) is 0 Å². The van der Waals surface area contributed by atoms with Crippen molar-refractivity contribution in [3.05, 3.63) is 51.1 Å². The van der Waals surface area contributed by atoms with E-state index in [2.05, 4.69) is 69.1 Å². The molecule has 2 saturated carbocycles. The van der Waals surface area contributed by atoms with Gasteiger partial charge in [-0.3, -0.25) is 9.69 Å². The molecule has 5 rings (SSSR count). The first-order valence-corrected chi connectivity index (χ1v) is 13.2. The van der Waals surface area contributed by atoms with E-state index >= 15 is 0 Å². The highest BCUT2D eigenvalue weighted by atomic mass is 16.1. The molecule has 2 aromatic heterocycles. The lowest BCUT2D eigenvalue weighted by atomic mass is 10.0. The Labute approximate surface area is 201 Å². The molecule has 7 nitrogen and oxygen atoms in total. The molecule has 0 spiro atoms. The summed E-state index contributed by atoms with van der Waals surface area (Å²) in [4.78, 5) is 19.0. The highest BCUT2D eigenvalue weighted by molar-refractivity contribution is 5.83. The van der Waals surface area contributed by atoms with Crippen LogP contribution < -0.4 is 5.56 Å². The molecule has 0 aliphatic heterocycles. The summed E-state index contributed by atoms with van der Waals surface area (Å²) in [6.45, 7) is 7.07. The van der Waals surface area contributed by atoms with Crippen LogP contribution in [0.3, 0.4) is 0 Å². The van der Waals surface area contributed by atoms with Gasteiger partial charge in [-0.15, -0.1) is 5.10 Å². The van der Waals surface area contributed by atoms with Gasteiger partial charge < -0.3 is 4.98 Å². The lowest BCUT2D eigenvalue weighted by Crippen LogP contribution is -2.39. The Hall–Kier alpha value is -2.54. The second-order valence-corrected chi connectivity index (χ2v) is 10.5. The third-order valence-electron chi connectivity index (χ3n) is 7.99. The van der Waals surface area contributed by atoms with E-state index in [1.165, 1.54) is 49.7 Å². The third-order valence-corrected chi connectivity index (χ3v) is 7.99. The topological polar surface area (TPSA) is 79.7 Å². The first-order chi connectivity index (χ1) is 16.5. The number of hydrogen-bond donors (Lipinski definition) is 1. The molecule has 182 valence electrons. The predicted octanol–water partition coefficient (Wildman–Crippen LogP) is 5.53. The highest BCUT2D eigenvalue weighted by Crippen LogP contribution is 2.37. The molecule has 3 aromatic rings. The molecule has 1 aromatic carbocycles. The summed E-state index contributed by atoms with van der Waals surface area (Å²) >= 11 is 0. The molecule has 1 atom stereocenters. The van der Waals surface area contributed by atoms with Crippen molar-refractivity contribution in [2.45, 2.75) is 110 Å². The van der Waals surface area contributed by atoms with Gasteiger partial charge in [0, 0.05) is 29.1 Å². The minimum Gasteiger partial charge on any atom is -0.322 e. The van der Waals surface area contributed by atoms with Crippen LogP contribution in [0.15, 0.2) is 23.0 Å². The van der Waals surface area contributed by atoms with Crippen molar-refractivity contribution in [3.63, 3.8) is 0 Å². The number of fused-ring (bicyclic) bond motifs is 1. The number of aromatic nitrogens is 5. The molecular weight excluding hydrogens is 424 g/mol. The second kappa shape index (κ2) is 9.98. The molecule has 0 radical (unpaired) electrons. The number of aromatic amines is 1. The van der Waals surface area contributed by atoms with Crippen LogP contribution in [-0.4, -0.2) is 36.1 Å². The molecule has 1 unspecified atom stereocenters. The number of hydrogen-bond acceptors (Lipinski definition) is 5. The van der Waals surface area contributed by atoms with Gasteiger partial charge in [-0.05, 0) is 79.6 Å². The number of tetrazole rings is 1. The van der Waals surface area contributed by atoms with Gasteiger partial charge in [0.05, 0.1) is 12.1 Å². The first-order valence-electron chi connectivity index (χ1n) is 13.2. The average Bonchev–Trinajstić information content (AvgIpc) is 3.59. The summed E-state index contributed by atoms with van der Waals surface area (Å²) in [6, 6.07) is 7.36. The molecule has 0 saturated heterocycles. The summed E-state index contributed by atoms with van der Waals surface area (Å²) in [5.74, 6) is 0.990. The number of aryl methyl sites for hydroxylation is 2. The van der Waals surface area contributed by atoms with Crippen LogP contribution in [0.2, 0.25) is 0 Å². The SMILES string of the molecule is CCCC(c1nnnn1C1CCCC1)N(Cc1cc2c(C)cc(C)cc2[nH]c1=O)C1CCCC1. The van der Waals surface area contributed by atoms with Gasteiger partial charge in [0.15, 0.2) is 5.82 Å². The monoisotopic (exact) mass is 462 g/mol. The van der Waals surface area contributed by atoms with Crippen LogP contribution in [0.25, 0.3) is 10.9 Å². The second-order valence-electron chi connectivity index (χ2n) is 10.5. The van der Waals surface area contributed by atoms with Crippen LogP contribution in [0.1, 0.15) is 106 Å². The third kappa shape index (κ3) is 4.54. The molecular formula is C27H38N6O. The Bertz CT molecular complexity index is 1190. The maximum absolute atomic E-state index is 13.2. The molecule has 0 amide bonds. The maximum Gasteiger partial charge on any atom is 0.252 e. The number of pyridine rings is 1. The molecule has 2 fully saturated rings. The normalized spacial score (nSPS) is 18.5. The highest BCUT2D eigenvalue weighted by Gasteiger charge is 2.34. The summed E-state index contributed by atoms with van der Waals surface area (Å²) < 4.78 is 2.12. The van der Waals surface area contributed by atoms with Crippen LogP contribution in [0, 0.1) is 13.8 Å². The van der Waals surface area contributed by atoms with Crippen LogP contribution in [0.4, 0.5) is 0 Å². The number of nitrogens with one attached hydrogen (secondary N) is 1. The Balaban J connectivity index is 1.54. The van der Waals surface area contributed by atoms with Crippen molar-refractivity contribution < 1.29 is 0 Å². The van der Waals surface area contributed by atoms with E-state index in [1.807, 2.05) is 0 Å². The summed E-state index contributed by atoms with van der Waals surface area (Å²) in [5, 5.41) is 14.3. The molecule has 2 heterocycles. The van der Waals surface area contributed by atoms with Crippen LogP contribution >= 0.6 is 0 Å². The first kappa shape index (κ1) is 23.2. The van der Waals surface area contributed by atoms with Gasteiger partial charge in [-0.25, -0.2) is 4.68 Å². The molecule has 34 heavy (non-hydrogen) atoms. The Kier molecular flexibility index (Phi) is 6.82. The van der Waals surface area contributed by atoms with Gasteiger partial charge in [0.25, 0.3) is 5.56 Å². The summed E-state index contributed by atoms with van der Waals surface area (Å²) in [6.07, 6.45) is 11.7. The molecule has 2 aliphatic carbocycles. The fraction of sp³-hybridized carbons (Fsp3) is 0.630. The van der Waals surface area contributed by atoms with E-state index in [0.29, 0.717) is 18.6 Å². The minimum absolute atomic E-state index is 0.0196. The Morgan fingerprint density at radius 3 is 2.56 bits per heavy atom. The average molecular weight is 463 g/mol. The fourth-order valence-electron chi connectivity index (χ4n) is 6.31. The number of benzene rings is 1. The predicted molar refractivity (Wildman–Crippen MR) is 135 cm³/mol. The van der Waals surface area contributed by atoms with E-state index in [4.69, 9.17) is 0 Å². The number of rotatable bonds is 8. The molecule has 2 aliphatic rings. The minimum atomic E-state index is 0.0196. The van der Waals surface area contributed by atoms with E-state index in [1.54, 1.807) is 0 Å². The van der Waals surface area contributed by atoms with Crippen LogP contribution in [-0.2, 0) is 6.54 Å². The lowest BCUT2D eigenvalue weighted by molar-refractivity contribution is 0.106.